The lowest BCUT2D eigenvalue weighted by molar-refractivity contribution is -0.149. The summed E-state index contributed by atoms with van der Waals surface area (Å²) < 4.78 is 4.89. The van der Waals surface area contributed by atoms with Crippen LogP contribution in [0.4, 0.5) is 0 Å². The molecule has 0 spiro atoms. The van der Waals surface area contributed by atoms with E-state index in [1.165, 1.54) is 20.0 Å². The van der Waals surface area contributed by atoms with Crippen LogP contribution in [0.1, 0.15) is 38.5 Å². The fraction of sp³-hybridized carbons (Fsp3) is 0.933. The molecule has 116 valence electrons. The van der Waals surface area contributed by atoms with E-state index in [9.17, 15) is 4.79 Å². The van der Waals surface area contributed by atoms with E-state index in [1.54, 1.807) is 0 Å². The van der Waals surface area contributed by atoms with Crippen molar-refractivity contribution in [1.82, 2.24) is 9.80 Å². The van der Waals surface area contributed by atoms with E-state index in [4.69, 9.17) is 10.5 Å². The van der Waals surface area contributed by atoms with Crippen molar-refractivity contribution >= 4 is 5.97 Å². The number of hydrogen-bond acceptors (Lipinski definition) is 5. The zero-order valence-corrected chi connectivity index (χ0v) is 13.1. The number of rotatable bonds is 3. The first-order chi connectivity index (χ1) is 9.46. The van der Waals surface area contributed by atoms with Gasteiger partial charge >= 0.3 is 5.97 Å². The second-order valence-corrected chi connectivity index (χ2v) is 6.60. The Kier molecular flexibility index (Phi) is 5.04. The Morgan fingerprint density at radius 1 is 1.30 bits per heavy atom. The predicted molar refractivity (Wildman–Crippen MR) is 79.5 cm³/mol. The Bertz CT molecular complexity index is 342. The van der Waals surface area contributed by atoms with E-state index >= 15 is 0 Å². The zero-order valence-electron chi connectivity index (χ0n) is 13.1. The normalized spacial score (nSPS) is 33.4. The van der Waals surface area contributed by atoms with Crippen molar-refractivity contribution in [2.24, 2.45) is 5.73 Å². The Hall–Kier alpha value is -0.650. The molecule has 0 bridgehead atoms. The number of nitrogens with zero attached hydrogens (tertiary/aromatic N) is 2. The summed E-state index contributed by atoms with van der Waals surface area (Å²) in [6, 6.07) is 1.03. The Morgan fingerprint density at radius 2 is 1.95 bits per heavy atom. The molecule has 2 atom stereocenters. The summed E-state index contributed by atoms with van der Waals surface area (Å²) in [5, 5.41) is 0. The second-order valence-electron chi connectivity index (χ2n) is 6.60. The molecule has 0 radical (unpaired) electrons. The SMILES string of the molecule is COC(=O)C1(N)CCCC(N(C)C2CCN(C)CC2)C1. The van der Waals surface area contributed by atoms with Gasteiger partial charge in [0.2, 0.25) is 0 Å². The lowest BCUT2D eigenvalue weighted by atomic mass is 9.78. The molecule has 1 aliphatic carbocycles. The van der Waals surface area contributed by atoms with Crippen molar-refractivity contribution < 1.29 is 9.53 Å². The van der Waals surface area contributed by atoms with Gasteiger partial charge in [0.1, 0.15) is 5.54 Å². The van der Waals surface area contributed by atoms with Crippen LogP contribution >= 0.6 is 0 Å². The lowest BCUT2D eigenvalue weighted by Crippen LogP contribution is -2.57. The van der Waals surface area contributed by atoms with Crippen molar-refractivity contribution in [3.05, 3.63) is 0 Å². The topological polar surface area (TPSA) is 58.8 Å². The fourth-order valence-electron chi connectivity index (χ4n) is 3.71. The minimum Gasteiger partial charge on any atom is -0.468 e. The number of carbonyl (C=O) groups excluding carboxylic acids is 1. The van der Waals surface area contributed by atoms with Crippen LogP contribution in [0.5, 0.6) is 0 Å². The highest BCUT2D eigenvalue weighted by Crippen LogP contribution is 2.32. The first kappa shape index (κ1) is 15.7. The number of carbonyl (C=O) groups is 1. The van der Waals surface area contributed by atoms with E-state index < -0.39 is 5.54 Å². The van der Waals surface area contributed by atoms with Crippen LogP contribution in [0.3, 0.4) is 0 Å². The van der Waals surface area contributed by atoms with Gasteiger partial charge in [-0.15, -0.1) is 0 Å². The molecular weight excluding hydrogens is 254 g/mol. The molecule has 2 N–H and O–H groups in total. The molecule has 2 aliphatic rings. The highest BCUT2D eigenvalue weighted by Gasteiger charge is 2.42. The molecule has 0 aromatic heterocycles. The molecule has 2 unspecified atom stereocenters. The van der Waals surface area contributed by atoms with E-state index in [0.717, 1.165) is 38.8 Å². The number of ether oxygens (including phenoxy) is 1. The van der Waals surface area contributed by atoms with Crippen molar-refractivity contribution in [2.45, 2.75) is 56.1 Å². The highest BCUT2D eigenvalue weighted by molar-refractivity contribution is 5.80. The van der Waals surface area contributed by atoms with Crippen LogP contribution in [0.25, 0.3) is 0 Å². The third-order valence-corrected chi connectivity index (χ3v) is 5.19. The van der Waals surface area contributed by atoms with Crippen LogP contribution < -0.4 is 5.73 Å². The number of hydrogen-bond donors (Lipinski definition) is 1. The maximum Gasteiger partial charge on any atom is 0.325 e. The van der Waals surface area contributed by atoms with Gasteiger partial charge in [0, 0.05) is 12.1 Å². The molecule has 2 rings (SSSR count). The smallest absolute Gasteiger partial charge is 0.325 e. The quantitative estimate of drug-likeness (QED) is 0.777. The summed E-state index contributed by atoms with van der Waals surface area (Å²) in [7, 11) is 5.81. The fourth-order valence-corrected chi connectivity index (χ4v) is 3.71. The molecule has 1 aliphatic heterocycles. The Balaban J connectivity index is 1.96. The van der Waals surface area contributed by atoms with Gasteiger partial charge in [-0.25, -0.2) is 0 Å². The summed E-state index contributed by atoms with van der Waals surface area (Å²) in [6.45, 7) is 2.32. The standard InChI is InChI=1S/C15H29N3O2/c1-17-9-6-12(7-10-17)18(2)13-5-4-8-15(16,11-13)14(19)20-3/h12-13H,4-11,16H2,1-3H3. The predicted octanol–water partition coefficient (Wildman–Crippen LogP) is 0.826. The molecule has 0 aromatic rings. The minimum absolute atomic E-state index is 0.251. The van der Waals surface area contributed by atoms with E-state index in [1.807, 2.05) is 0 Å². The largest absolute Gasteiger partial charge is 0.468 e. The van der Waals surface area contributed by atoms with Crippen molar-refractivity contribution in [1.29, 1.82) is 0 Å². The summed E-state index contributed by atoms with van der Waals surface area (Å²) >= 11 is 0. The van der Waals surface area contributed by atoms with Gasteiger partial charge in [-0.3, -0.25) is 4.79 Å². The zero-order chi connectivity index (χ0) is 14.8. The maximum absolute atomic E-state index is 11.9. The summed E-state index contributed by atoms with van der Waals surface area (Å²) in [6.07, 6.45) is 6.03. The maximum atomic E-state index is 11.9. The second kappa shape index (κ2) is 6.41. The minimum atomic E-state index is -0.780. The van der Waals surface area contributed by atoms with Crippen LogP contribution in [0.2, 0.25) is 0 Å². The monoisotopic (exact) mass is 283 g/mol. The van der Waals surface area contributed by atoms with Gasteiger partial charge in [0.25, 0.3) is 0 Å². The molecule has 5 heteroatoms. The first-order valence-electron chi connectivity index (χ1n) is 7.74. The number of nitrogens with two attached hydrogens (primary N) is 1. The molecule has 1 saturated heterocycles. The van der Waals surface area contributed by atoms with Crippen molar-refractivity contribution in [2.75, 3.05) is 34.3 Å². The van der Waals surface area contributed by atoms with Crippen LogP contribution in [-0.2, 0) is 9.53 Å². The molecule has 0 aromatic carbocycles. The summed E-state index contributed by atoms with van der Waals surface area (Å²) in [5.74, 6) is -0.251. The van der Waals surface area contributed by atoms with Gasteiger partial charge in [-0.1, -0.05) is 0 Å². The van der Waals surface area contributed by atoms with Gasteiger partial charge in [0.15, 0.2) is 0 Å². The van der Waals surface area contributed by atoms with Crippen molar-refractivity contribution in [3.8, 4) is 0 Å². The molecule has 1 heterocycles. The molecule has 20 heavy (non-hydrogen) atoms. The molecule has 1 saturated carbocycles. The average molecular weight is 283 g/mol. The van der Waals surface area contributed by atoms with Gasteiger partial charge in [-0.05, 0) is 65.7 Å². The van der Waals surface area contributed by atoms with Gasteiger partial charge < -0.3 is 20.3 Å². The van der Waals surface area contributed by atoms with Crippen LogP contribution in [0, 0.1) is 0 Å². The number of piperidine rings is 1. The van der Waals surface area contributed by atoms with Crippen LogP contribution in [-0.4, -0.2) is 67.7 Å². The lowest BCUT2D eigenvalue weighted by Gasteiger charge is -2.44. The van der Waals surface area contributed by atoms with Gasteiger partial charge in [0.05, 0.1) is 7.11 Å². The van der Waals surface area contributed by atoms with Gasteiger partial charge in [-0.2, -0.15) is 0 Å². The Labute approximate surface area is 122 Å². The van der Waals surface area contributed by atoms with Crippen molar-refractivity contribution in [3.63, 3.8) is 0 Å². The number of methoxy groups -OCH3 is 1. The summed E-state index contributed by atoms with van der Waals surface area (Å²) in [4.78, 5) is 16.8. The van der Waals surface area contributed by atoms with E-state index in [2.05, 4.69) is 23.9 Å². The highest BCUT2D eigenvalue weighted by atomic mass is 16.5. The molecule has 5 nitrogen and oxygen atoms in total. The Morgan fingerprint density at radius 3 is 2.55 bits per heavy atom. The number of likely N-dealkylation sites (tertiary alicyclic amines) is 1. The molecule has 0 amide bonds. The van der Waals surface area contributed by atoms with E-state index in [-0.39, 0.29) is 5.97 Å². The first-order valence-corrected chi connectivity index (χ1v) is 7.74. The average Bonchev–Trinajstić information content (AvgIpc) is 2.46. The van der Waals surface area contributed by atoms with E-state index in [0.29, 0.717) is 12.1 Å². The number of esters is 1. The molecular formula is C15H29N3O2. The summed E-state index contributed by atoms with van der Waals surface area (Å²) in [5.41, 5.74) is 5.50. The third kappa shape index (κ3) is 3.32. The molecule has 2 fully saturated rings. The van der Waals surface area contributed by atoms with Crippen LogP contribution in [0.15, 0.2) is 0 Å². The third-order valence-electron chi connectivity index (χ3n) is 5.19.